The van der Waals surface area contributed by atoms with Crippen LogP contribution in [-0.4, -0.2) is 22.0 Å². The zero-order valence-corrected chi connectivity index (χ0v) is 12.6. The number of hydrogen-bond donors (Lipinski definition) is 1. The average Bonchev–Trinajstić information content (AvgIpc) is 3.02. The summed E-state index contributed by atoms with van der Waals surface area (Å²) in [7, 11) is 1.83. The topological polar surface area (TPSA) is 50.7 Å². The third-order valence-corrected chi connectivity index (χ3v) is 4.06. The van der Waals surface area contributed by atoms with Crippen LogP contribution in [-0.2, 0) is 6.42 Å². The number of allylic oxidation sites excluding steroid dienone is 1. The molecule has 0 bridgehead atoms. The molecule has 2 heterocycles. The first kappa shape index (κ1) is 13.0. The van der Waals surface area contributed by atoms with Gasteiger partial charge in [0, 0.05) is 30.6 Å². The summed E-state index contributed by atoms with van der Waals surface area (Å²) >= 11 is 0. The van der Waals surface area contributed by atoms with E-state index in [9.17, 15) is 0 Å². The van der Waals surface area contributed by atoms with E-state index in [4.69, 9.17) is 0 Å². The lowest BCUT2D eigenvalue weighted by atomic mass is 10.0. The molecule has 0 atom stereocenters. The summed E-state index contributed by atoms with van der Waals surface area (Å²) in [6, 6.07) is 8.48. The molecule has 1 aromatic carbocycles. The van der Waals surface area contributed by atoms with Crippen LogP contribution in [0.5, 0.6) is 0 Å². The molecular formula is C18H16N4. The lowest BCUT2D eigenvalue weighted by Crippen LogP contribution is -1.99. The highest BCUT2D eigenvalue weighted by molar-refractivity contribution is 5.87. The van der Waals surface area contributed by atoms with Crippen LogP contribution in [0.3, 0.4) is 0 Å². The minimum absolute atomic E-state index is 0.655. The largest absolute Gasteiger partial charge is 0.357 e. The predicted molar refractivity (Wildman–Crippen MR) is 89.8 cm³/mol. The van der Waals surface area contributed by atoms with E-state index in [1.165, 1.54) is 5.56 Å². The van der Waals surface area contributed by atoms with E-state index < -0.39 is 0 Å². The zero-order valence-electron chi connectivity index (χ0n) is 12.6. The molecular weight excluding hydrogens is 272 g/mol. The smallest absolute Gasteiger partial charge is 0.223 e. The maximum Gasteiger partial charge on any atom is 0.223 e. The summed E-state index contributed by atoms with van der Waals surface area (Å²) in [4.78, 5) is 13.5. The Balaban J connectivity index is 1.86. The molecule has 4 nitrogen and oxygen atoms in total. The number of nitrogens with zero attached hydrogens (tertiary/aromatic N) is 3. The first-order chi connectivity index (χ1) is 10.7. The molecule has 4 heteroatoms. The fourth-order valence-electron chi connectivity index (χ4n) is 2.85. The first-order valence-electron chi connectivity index (χ1n) is 7.36. The van der Waals surface area contributed by atoms with Crippen LogP contribution in [0.2, 0.25) is 0 Å². The fourth-order valence-corrected chi connectivity index (χ4v) is 2.85. The number of anilines is 1. The maximum atomic E-state index is 4.56. The summed E-state index contributed by atoms with van der Waals surface area (Å²) in [5.74, 6) is 0.655. The zero-order chi connectivity index (χ0) is 15.1. The standard InChI is InChI=1S/C18H16N4/c1-11-15-9-12(6-7-17(15)22-18(19-2)21-11)14-8-13-4-3-5-16(13)20-10-14/h3-4,6-10H,5H2,1-2H3,(H,19,21,22). The van der Waals surface area contributed by atoms with Crippen molar-refractivity contribution in [3.05, 3.63) is 53.5 Å². The second-order valence-electron chi connectivity index (χ2n) is 5.48. The highest BCUT2D eigenvalue weighted by atomic mass is 15.1. The van der Waals surface area contributed by atoms with Gasteiger partial charge in [0.05, 0.1) is 16.9 Å². The number of benzene rings is 1. The van der Waals surface area contributed by atoms with Crippen molar-refractivity contribution < 1.29 is 0 Å². The Morgan fingerprint density at radius 3 is 2.86 bits per heavy atom. The molecule has 2 aromatic heterocycles. The van der Waals surface area contributed by atoms with Crippen LogP contribution < -0.4 is 5.32 Å². The quantitative estimate of drug-likeness (QED) is 0.782. The van der Waals surface area contributed by atoms with Crippen molar-refractivity contribution in [3.8, 4) is 11.1 Å². The second-order valence-corrected chi connectivity index (χ2v) is 5.48. The fraction of sp³-hybridized carbons (Fsp3) is 0.167. The number of hydrogen-bond acceptors (Lipinski definition) is 4. The average molecular weight is 288 g/mol. The Kier molecular flexibility index (Phi) is 2.89. The number of pyridine rings is 1. The van der Waals surface area contributed by atoms with Crippen molar-refractivity contribution in [1.82, 2.24) is 15.0 Å². The molecule has 1 N–H and O–H groups in total. The van der Waals surface area contributed by atoms with Gasteiger partial charge in [-0.25, -0.2) is 9.97 Å². The number of aromatic nitrogens is 3. The van der Waals surface area contributed by atoms with Crippen molar-refractivity contribution in [2.45, 2.75) is 13.3 Å². The van der Waals surface area contributed by atoms with E-state index in [1.807, 2.05) is 26.2 Å². The van der Waals surface area contributed by atoms with E-state index in [0.717, 1.165) is 39.8 Å². The Morgan fingerprint density at radius 1 is 1.09 bits per heavy atom. The molecule has 0 fully saturated rings. The summed E-state index contributed by atoms with van der Waals surface area (Å²) in [6.07, 6.45) is 7.18. The number of rotatable bonds is 2. The SMILES string of the molecule is CNc1nc(C)c2cc(-c3cnc4c(c3)C=CC4)ccc2n1. The Bertz CT molecular complexity index is 912. The van der Waals surface area contributed by atoms with Crippen molar-refractivity contribution in [2.24, 2.45) is 0 Å². The molecule has 0 aliphatic heterocycles. The highest BCUT2D eigenvalue weighted by Crippen LogP contribution is 2.28. The van der Waals surface area contributed by atoms with Gasteiger partial charge in [-0.05, 0) is 36.2 Å². The number of aryl methyl sites for hydroxylation is 1. The van der Waals surface area contributed by atoms with Crippen molar-refractivity contribution in [2.75, 3.05) is 12.4 Å². The molecule has 0 radical (unpaired) electrons. The summed E-state index contributed by atoms with van der Waals surface area (Å²) in [5.41, 5.74) is 6.58. The monoisotopic (exact) mass is 288 g/mol. The summed E-state index contributed by atoms with van der Waals surface area (Å²) in [5, 5.41) is 4.07. The second kappa shape index (κ2) is 4.91. The van der Waals surface area contributed by atoms with Gasteiger partial charge in [-0.1, -0.05) is 18.2 Å². The molecule has 4 rings (SSSR count). The van der Waals surface area contributed by atoms with E-state index >= 15 is 0 Å². The molecule has 0 unspecified atom stereocenters. The lowest BCUT2D eigenvalue weighted by Gasteiger charge is -2.08. The maximum absolute atomic E-state index is 4.56. The normalized spacial score (nSPS) is 12.6. The van der Waals surface area contributed by atoms with Crippen LogP contribution in [0.25, 0.3) is 28.1 Å². The van der Waals surface area contributed by atoms with Crippen LogP contribution in [0.1, 0.15) is 17.0 Å². The minimum Gasteiger partial charge on any atom is -0.357 e. The van der Waals surface area contributed by atoms with E-state index in [1.54, 1.807) is 0 Å². The third-order valence-electron chi connectivity index (χ3n) is 4.06. The van der Waals surface area contributed by atoms with Crippen LogP contribution in [0, 0.1) is 6.92 Å². The molecule has 1 aliphatic carbocycles. The van der Waals surface area contributed by atoms with Gasteiger partial charge in [0.25, 0.3) is 0 Å². The van der Waals surface area contributed by atoms with Crippen molar-refractivity contribution in [1.29, 1.82) is 0 Å². The Labute approximate surface area is 129 Å². The van der Waals surface area contributed by atoms with Gasteiger partial charge in [-0.3, -0.25) is 4.98 Å². The Hall–Kier alpha value is -2.75. The summed E-state index contributed by atoms with van der Waals surface area (Å²) < 4.78 is 0. The van der Waals surface area contributed by atoms with Gasteiger partial charge in [0.15, 0.2) is 0 Å². The molecule has 0 amide bonds. The number of nitrogens with one attached hydrogen (secondary N) is 1. The van der Waals surface area contributed by atoms with Crippen LogP contribution in [0.4, 0.5) is 5.95 Å². The summed E-state index contributed by atoms with van der Waals surface area (Å²) in [6.45, 7) is 2.01. The van der Waals surface area contributed by atoms with Gasteiger partial charge in [0.2, 0.25) is 5.95 Å². The Morgan fingerprint density at radius 2 is 2.00 bits per heavy atom. The van der Waals surface area contributed by atoms with Crippen LogP contribution >= 0.6 is 0 Å². The van der Waals surface area contributed by atoms with E-state index in [2.05, 4.69) is 50.6 Å². The molecule has 0 saturated carbocycles. The van der Waals surface area contributed by atoms with Gasteiger partial charge >= 0.3 is 0 Å². The third kappa shape index (κ3) is 2.04. The lowest BCUT2D eigenvalue weighted by molar-refractivity contribution is 1.13. The van der Waals surface area contributed by atoms with Crippen LogP contribution in [0.15, 0.2) is 36.5 Å². The van der Waals surface area contributed by atoms with E-state index in [-0.39, 0.29) is 0 Å². The van der Waals surface area contributed by atoms with Gasteiger partial charge < -0.3 is 5.32 Å². The highest BCUT2D eigenvalue weighted by Gasteiger charge is 2.10. The molecule has 3 aromatic rings. The van der Waals surface area contributed by atoms with Crippen molar-refractivity contribution in [3.63, 3.8) is 0 Å². The molecule has 1 aliphatic rings. The minimum atomic E-state index is 0.655. The van der Waals surface area contributed by atoms with Gasteiger partial charge in [0.1, 0.15) is 0 Å². The first-order valence-corrected chi connectivity index (χ1v) is 7.36. The van der Waals surface area contributed by atoms with E-state index in [0.29, 0.717) is 5.95 Å². The molecule has 22 heavy (non-hydrogen) atoms. The molecule has 0 spiro atoms. The van der Waals surface area contributed by atoms with Crippen molar-refractivity contribution >= 4 is 22.9 Å². The molecule has 108 valence electrons. The predicted octanol–water partition coefficient (Wildman–Crippen LogP) is 3.61. The van der Waals surface area contributed by atoms with Gasteiger partial charge in [-0.2, -0.15) is 0 Å². The number of fused-ring (bicyclic) bond motifs is 2. The van der Waals surface area contributed by atoms with Gasteiger partial charge in [-0.15, -0.1) is 0 Å². The molecule has 0 saturated heterocycles.